The van der Waals surface area contributed by atoms with Crippen LogP contribution in [0.5, 0.6) is 0 Å². The molecule has 3 heterocycles. The van der Waals surface area contributed by atoms with Gasteiger partial charge in [-0.3, -0.25) is 14.4 Å². The van der Waals surface area contributed by atoms with Crippen LogP contribution >= 0.6 is 0 Å². The summed E-state index contributed by atoms with van der Waals surface area (Å²) in [5.41, 5.74) is 0.989. The molecule has 3 aliphatic heterocycles. The van der Waals surface area contributed by atoms with Gasteiger partial charge in [-0.15, -0.1) is 0 Å². The molecule has 9 heteroatoms. The van der Waals surface area contributed by atoms with Gasteiger partial charge in [-0.1, -0.05) is 83.1 Å². The average molecular weight is 708 g/mol. The van der Waals surface area contributed by atoms with E-state index in [9.17, 15) is 27.6 Å². The highest BCUT2D eigenvalue weighted by molar-refractivity contribution is 6.00. The molecule has 0 aromatic carbocycles. The monoisotopic (exact) mass is 708 g/mol. The van der Waals surface area contributed by atoms with E-state index >= 15 is 0 Å². The molecule has 0 spiro atoms. The summed E-state index contributed by atoms with van der Waals surface area (Å²) >= 11 is 0. The molecular weight excluding hydrogens is 639 g/mol. The molecule has 3 rings (SSSR count). The molecule has 0 N–H and O–H groups in total. The summed E-state index contributed by atoms with van der Waals surface area (Å²) in [7, 11) is 0. The summed E-state index contributed by atoms with van der Waals surface area (Å²) in [6, 6.07) is 0. The maximum Gasteiger partial charge on any atom is 0.454 e. The Morgan fingerprint density at radius 2 is 0.860 bits per heavy atom. The first kappa shape index (κ1) is 43.6. The summed E-state index contributed by atoms with van der Waals surface area (Å²) in [5, 5.41) is 0. The van der Waals surface area contributed by atoms with Gasteiger partial charge >= 0.3 is 6.18 Å². The number of nitrogens with zero attached hydrogens (tertiary/aromatic N) is 3. The van der Waals surface area contributed by atoms with E-state index in [0.29, 0.717) is 50.1 Å². The minimum absolute atomic E-state index is 0.0583. The molecule has 0 fully saturated rings. The van der Waals surface area contributed by atoms with Crippen LogP contribution in [0.4, 0.5) is 13.2 Å². The predicted molar refractivity (Wildman–Crippen MR) is 198 cm³/mol. The number of carbonyl (C=O) groups is 3. The number of rotatable bonds is 14. The third-order valence-electron chi connectivity index (χ3n) is 10.2. The summed E-state index contributed by atoms with van der Waals surface area (Å²) in [5.74, 6) is 0.340. The zero-order chi connectivity index (χ0) is 38.2. The molecule has 0 saturated carbocycles. The fraction of sp³-hybridized carbons (Fsp3) is 0.780. The molecule has 50 heavy (non-hydrogen) atoms. The number of unbranched alkanes of at least 4 members (excludes halogenated alkanes) is 1. The van der Waals surface area contributed by atoms with Crippen molar-refractivity contribution in [2.45, 2.75) is 134 Å². The van der Waals surface area contributed by atoms with Gasteiger partial charge in [0, 0.05) is 87.4 Å². The van der Waals surface area contributed by atoms with Crippen LogP contribution in [0.1, 0.15) is 128 Å². The van der Waals surface area contributed by atoms with Gasteiger partial charge in [0.2, 0.25) is 0 Å². The van der Waals surface area contributed by atoms with Crippen molar-refractivity contribution in [2.24, 2.45) is 34.0 Å². The molecule has 0 unspecified atom stereocenters. The molecule has 0 amide bonds. The van der Waals surface area contributed by atoms with Gasteiger partial charge < -0.3 is 14.7 Å². The highest BCUT2D eigenvalue weighted by Gasteiger charge is 2.46. The maximum atomic E-state index is 13.0. The normalized spacial score (nSPS) is 20.3. The van der Waals surface area contributed by atoms with E-state index in [1.165, 1.54) is 6.20 Å². The van der Waals surface area contributed by atoms with Crippen molar-refractivity contribution in [2.75, 3.05) is 39.3 Å². The molecular formula is C41H68F3N3O3. The number of allylic oxidation sites excluding steroid dienone is 3. The Morgan fingerprint density at radius 3 is 1.14 bits per heavy atom. The summed E-state index contributed by atoms with van der Waals surface area (Å²) < 4.78 is 37.7. The second-order valence-electron chi connectivity index (χ2n) is 18.1. The fourth-order valence-electron chi connectivity index (χ4n) is 7.04. The van der Waals surface area contributed by atoms with Crippen LogP contribution in [0.2, 0.25) is 0 Å². The van der Waals surface area contributed by atoms with Gasteiger partial charge in [0.15, 0.2) is 11.6 Å². The first-order valence-electron chi connectivity index (χ1n) is 18.9. The van der Waals surface area contributed by atoms with E-state index in [1.807, 2.05) is 18.7 Å². The number of ketones is 3. The van der Waals surface area contributed by atoms with Crippen molar-refractivity contribution in [1.29, 1.82) is 0 Å². The van der Waals surface area contributed by atoms with Crippen LogP contribution in [0.3, 0.4) is 0 Å². The number of halogens is 3. The first-order valence-corrected chi connectivity index (χ1v) is 18.9. The summed E-state index contributed by atoms with van der Waals surface area (Å²) in [6.07, 6.45) is 6.11. The number of hydrogen-bond acceptors (Lipinski definition) is 6. The molecule has 0 atom stereocenters. The topological polar surface area (TPSA) is 60.9 Å². The summed E-state index contributed by atoms with van der Waals surface area (Å²) in [6.45, 7) is 30.4. The van der Waals surface area contributed by atoms with Gasteiger partial charge in [0.25, 0.3) is 5.78 Å². The van der Waals surface area contributed by atoms with Crippen LogP contribution < -0.4 is 0 Å². The van der Waals surface area contributed by atoms with Crippen LogP contribution in [-0.2, 0) is 14.4 Å². The molecule has 286 valence electrons. The number of alkyl halides is 3. The summed E-state index contributed by atoms with van der Waals surface area (Å²) in [4.78, 5) is 44.0. The lowest BCUT2D eigenvalue weighted by Gasteiger charge is -2.38. The molecule has 3 aliphatic rings. The highest BCUT2D eigenvalue weighted by atomic mass is 19.4. The van der Waals surface area contributed by atoms with E-state index in [1.54, 1.807) is 13.8 Å². The van der Waals surface area contributed by atoms with E-state index in [4.69, 9.17) is 0 Å². The Morgan fingerprint density at radius 1 is 0.580 bits per heavy atom. The third kappa shape index (κ3) is 13.2. The average Bonchev–Trinajstić information content (AvgIpc) is 2.96. The zero-order valence-electron chi connectivity index (χ0n) is 33.4. The Hall–Kier alpha value is -2.58. The van der Waals surface area contributed by atoms with E-state index in [0.717, 1.165) is 63.0 Å². The molecule has 6 nitrogen and oxygen atoms in total. The maximum absolute atomic E-state index is 13.0. The van der Waals surface area contributed by atoms with E-state index in [2.05, 4.69) is 77.6 Å². The first-order chi connectivity index (χ1) is 22.9. The van der Waals surface area contributed by atoms with Crippen molar-refractivity contribution in [1.82, 2.24) is 14.7 Å². The van der Waals surface area contributed by atoms with Crippen LogP contribution in [0, 0.1) is 34.0 Å². The Kier molecular flexibility index (Phi) is 15.5. The SMILES string of the molecule is CC(C)CN1C=C(C(=O)C(F)(F)F)C(C)(C)CC1.CC(C)CN1C=C(C(=O)CCCCC(=O)C2=CN(CC(C)C)CCC2(C)C)C(C)(C)CC1. The van der Waals surface area contributed by atoms with Crippen LogP contribution in [0.25, 0.3) is 0 Å². The largest absolute Gasteiger partial charge is 0.454 e. The highest BCUT2D eigenvalue weighted by Crippen LogP contribution is 2.40. The smallest absolute Gasteiger partial charge is 0.377 e. The van der Waals surface area contributed by atoms with Crippen molar-refractivity contribution in [3.05, 3.63) is 35.3 Å². The lowest BCUT2D eigenvalue weighted by Crippen LogP contribution is -2.40. The van der Waals surface area contributed by atoms with Crippen LogP contribution in [-0.4, -0.2) is 77.5 Å². The van der Waals surface area contributed by atoms with Gasteiger partial charge in [-0.2, -0.15) is 13.2 Å². The standard InChI is InChI=1S/C28H48N2O2.C13H20F3NO/c1-21(2)17-29-15-13-27(5,6)23(19-29)25(31)11-9-10-12-26(32)24-20-30(18-22(3)4)16-14-28(24,7)8;1-9(2)7-17-6-5-12(3,4)10(8-17)11(18)13(14,15)16/h19-22H,9-18H2,1-8H3;8-9H,5-7H2,1-4H3. The van der Waals surface area contributed by atoms with Gasteiger partial charge in [-0.25, -0.2) is 0 Å². The number of hydrogen-bond donors (Lipinski definition) is 0. The van der Waals surface area contributed by atoms with Crippen LogP contribution in [0.15, 0.2) is 35.3 Å². The minimum atomic E-state index is -4.79. The molecule has 0 aromatic heterocycles. The van der Waals surface area contributed by atoms with E-state index < -0.39 is 17.4 Å². The minimum Gasteiger partial charge on any atom is -0.377 e. The molecule has 0 bridgehead atoms. The predicted octanol–water partition coefficient (Wildman–Crippen LogP) is 9.62. The van der Waals surface area contributed by atoms with Gasteiger partial charge in [0.1, 0.15) is 0 Å². The Balaban J connectivity index is 0.000000407. The van der Waals surface area contributed by atoms with Crippen molar-refractivity contribution < 1.29 is 27.6 Å². The second-order valence-corrected chi connectivity index (χ2v) is 18.1. The van der Waals surface area contributed by atoms with Crippen molar-refractivity contribution in [3.63, 3.8) is 0 Å². The molecule has 0 aliphatic carbocycles. The Bertz CT molecular complexity index is 1210. The van der Waals surface area contributed by atoms with Gasteiger partial charge in [-0.05, 0) is 66.1 Å². The fourth-order valence-corrected chi connectivity index (χ4v) is 7.04. The lowest BCUT2D eigenvalue weighted by atomic mass is 9.75. The van der Waals surface area contributed by atoms with Crippen molar-refractivity contribution >= 4 is 17.3 Å². The quantitative estimate of drug-likeness (QED) is 0.168. The van der Waals surface area contributed by atoms with E-state index in [-0.39, 0.29) is 28.0 Å². The molecule has 0 aromatic rings. The molecule has 0 radical (unpaired) electrons. The number of carbonyl (C=O) groups excluding carboxylic acids is 3. The molecule has 0 saturated heterocycles. The second kappa shape index (κ2) is 17.8. The Labute approximate surface area is 302 Å². The zero-order valence-corrected chi connectivity index (χ0v) is 33.4. The van der Waals surface area contributed by atoms with Crippen molar-refractivity contribution in [3.8, 4) is 0 Å². The van der Waals surface area contributed by atoms with Gasteiger partial charge in [0.05, 0.1) is 0 Å². The third-order valence-corrected chi connectivity index (χ3v) is 10.2. The lowest BCUT2D eigenvalue weighted by molar-refractivity contribution is -0.168. The number of Topliss-reactive ketones (excluding diaryl/α,β-unsaturated/α-hetero) is 3.